The maximum absolute atomic E-state index is 12.8. The summed E-state index contributed by atoms with van der Waals surface area (Å²) in [6.07, 6.45) is 0. The van der Waals surface area contributed by atoms with Crippen molar-refractivity contribution < 1.29 is 4.79 Å². The van der Waals surface area contributed by atoms with Crippen LogP contribution in [0.3, 0.4) is 0 Å². The largest absolute Gasteiger partial charge is 0.336 e. The van der Waals surface area contributed by atoms with Gasteiger partial charge < -0.3 is 10.2 Å². The Kier molecular flexibility index (Phi) is 4.82. The van der Waals surface area contributed by atoms with Gasteiger partial charge in [0.15, 0.2) is 0 Å². The molecule has 5 nitrogen and oxygen atoms in total. The first-order chi connectivity index (χ1) is 11.1. The van der Waals surface area contributed by atoms with Crippen LogP contribution in [0.25, 0.3) is 0 Å². The molecule has 1 fully saturated rings. The Morgan fingerprint density at radius 2 is 2.04 bits per heavy atom. The molecule has 1 aliphatic heterocycles. The summed E-state index contributed by atoms with van der Waals surface area (Å²) < 4.78 is 2.97. The van der Waals surface area contributed by atoms with Crippen molar-refractivity contribution in [3.8, 4) is 0 Å². The molecule has 0 bridgehead atoms. The van der Waals surface area contributed by atoms with Gasteiger partial charge in [-0.1, -0.05) is 28.1 Å². The Labute approximate surface area is 144 Å². The second-order valence-corrected chi connectivity index (χ2v) is 6.79. The van der Waals surface area contributed by atoms with Crippen LogP contribution in [0.4, 0.5) is 0 Å². The highest BCUT2D eigenvalue weighted by atomic mass is 79.9. The first-order valence-electron chi connectivity index (χ1n) is 7.84. The lowest BCUT2D eigenvalue weighted by Gasteiger charge is -2.27. The number of carbonyl (C=O) groups excluding carboxylic acids is 1. The van der Waals surface area contributed by atoms with Crippen molar-refractivity contribution in [2.45, 2.75) is 20.4 Å². The summed E-state index contributed by atoms with van der Waals surface area (Å²) in [6, 6.07) is 8.16. The number of hydrogen-bond acceptors (Lipinski definition) is 3. The quantitative estimate of drug-likeness (QED) is 0.894. The Morgan fingerprint density at radius 1 is 1.30 bits per heavy atom. The minimum Gasteiger partial charge on any atom is -0.336 e. The first-order valence-corrected chi connectivity index (χ1v) is 8.64. The number of rotatable bonds is 3. The Bertz CT molecular complexity index is 719. The van der Waals surface area contributed by atoms with Gasteiger partial charge in [-0.05, 0) is 31.5 Å². The number of benzene rings is 1. The van der Waals surface area contributed by atoms with Crippen molar-refractivity contribution >= 4 is 21.8 Å². The zero-order valence-corrected chi connectivity index (χ0v) is 15.1. The predicted molar refractivity (Wildman–Crippen MR) is 93.7 cm³/mol. The van der Waals surface area contributed by atoms with Gasteiger partial charge in [0.25, 0.3) is 5.91 Å². The molecule has 0 unspecified atom stereocenters. The third-order valence-electron chi connectivity index (χ3n) is 4.22. The van der Waals surface area contributed by atoms with Crippen molar-refractivity contribution in [2.75, 3.05) is 26.2 Å². The Hall–Kier alpha value is -1.66. The summed E-state index contributed by atoms with van der Waals surface area (Å²) in [4.78, 5) is 14.7. The smallest absolute Gasteiger partial charge is 0.257 e. The van der Waals surface area contributed by atoms with Crippen molar-refractivity contribution in [2.24, 2.45) is 0 Å². The monoisotopic (exact) mass is 376 g/mol. The van der Waals surface area contributed by atoms with Gasteiger partial charge in [0, 0.05) is 36.3 Å². The fraction of sp³-hybridized carbons (Fsp3) is 0.412. The number of piperazine rings is 1. The number of halogens is 1. The second-order valence-electron chi connectivity index (χ2n) is 5.88. The number of aromatic nitrogens is 2. The molecule has 0 saturated carbocycles. The highest BCUT2D eigenvalue weighted by Gasteiger charge is 2.24. The SMILES string of the molecule is Cc1nn(Cc2cccc(Br)c2)c(C)c1C(=O)N1CCNCC1. The molecular formula is C17H21BrN4O. The molecule has 0 radical (unpaired) electrons. The van der Waals surface area contributed by atoms with Gasteiger partial charge in [-0.2, -0.15) is 5.10 Å². The standard InChI is InChI=1S/C17H21BrN4O/c1-12-16(17(23)21-8-6-19-7-9-21)13(2)22(20-12)11-14-4-3-5-15(18)10-14/h3-5,10,19H,6-9,11H2,1-2H3. The molecule has 0 spiro atoms. The summed E-state index contributed by atoms with van der Waals surface area (Å²) in [5.41, 5.74) is 3.65. The van der Waals surface area contributed by atoms with E-state index in [1.54, 1.807) is 0 Å². The molecule has 1 amide bonds. The van der Waals surface area contributed by atoms with E-state index in [9.17, 15) is 4.79 Å². The third kappa shape index (κ3) is 3.48. The van der Waals surface area contributed by atoms with Crippen LogP contribution in [0.2, 0.25) is 0 Å². The zero-order chi connectivity index (χ0) is 16.4. The molecule has 1 N–H and O–H groups in total. The molecule has 1 aliphatic rings. The maximum atomic E-state index is 12.8. The molecule has 0 aliphatic carbocycles. The van der Waals surface area contributed by atoms with E-state index in [-0.39, 0.29) is 5.91 Å². The molecule has 1 aromatic heterocycles. The van der Waals surface area contributed by atoms with Gasteiger partial charge in [-0.3, -0.25) is 9.48 Å². The molecule has 6 heteroatoms. The minimum atomic E-state index is 0.0991. The summed E-state index contributed by atoms with van der Waals surface area (Å²) in [5, 5.41) is 7.86. The molecule has 122 valence electrons. The van der Waals surface area contributed by atoms with E-state index >= 15 is 0 Å². The lowest BCUT2D eigenvalue weighted by molar-refractivity contribution is 0.0734. The summed E-state index contributed by atoms with van der Waals surface area (Å²) in [7, 11) is 0. The van der Waals surface area contributed by atoms with E-state index in [0.717, 1.165) is 53.2 Å². The molecule has 1 aromatic carbocycles. The van der Waals surface area contributed by atoms with Gasteiger partial charge >= 0.3 is 0 Å². The molecule has 3 rings (SSSR count). The fourth-order valence-electron chi connectivity index (χ4n) is 2.99. The van der Waals surface area contributed by atoms with Crippen LogP contribution in [-0.2, 0) is 6.54 Å². The maximum Gasteiger partial charge on any atom is 0.257 e. The van der Waals surface area contributed by atoms with Crippen molar-refractivity contribution in [3.63, 3.8) is 0 Å². The Balaban J connectivity index is 1.85. The van der Waals surface area contributed by atoms with E-state index < -0.39 is 0 Å². The average molecular weight is 377 g/mol. The lowest BCUT2D eigenvalue weighted by atomic mass is 10.1. The molecule has 2 heterocycles. The van der Waals surface area contributed by atoms with Crippen molar-refractivity contribution in [1.29, 1.82) is 0 Å². The highest BCUT2D eigenvalue weighted by molar-refractivity contribution is 9.10. The molecule has 2 aromatic rings. The van der Waals surface area contributed by atoms with Crippen LogP contribution in [-0.4, -0.2) is 46.8 Å². The molecule has 0 atom stereocenters. The van der Waals surface area contributed by atoms with Crippen LogP contribution in [0, 0.1) is 13.8 Å². The number of amides is 1. The number of aryl methyl sites for hydroxylation is 1. The van der Waals surface area contributed by atoms with Crippen molar-refractivity contribution in [3.05, 3.63) is 51.3 Å². The van der Waals surface area contributed by atoms with E-state index in [0.29, 0.717) is 6.54 Å². The molecular weight excluding hydrogens is 356 g/mol. The van der Waals surface area contributed by atoms with Crippen LogP contribution >= 0.6 is 15.9 Å². The number of hydrogen-bond donors (Lipinski definition) is 1. The minimum absolute atomic E-state index is 0.0991. The van der Waals surface area contributed by atoms with Crippen LogP contribution < -0.4 is 5.32 Å². The molecule has 1 saturated heterocycles. The van der Waals surface area contributed by atoms with E-state index in [4.69, 9.17) is 0 Å². The van der Waals surface area contributed by atoms with Gasteiger partial charge in [0.2, 0.25) is 0 Å². The van der Waals surface area contributed by atoms with Crippen molar-refractivity contribution in [1.82, 2.24) is 20.0 Å². The van der Waals surface area contributed by atoms with Gasteiger partial charge in [-0.25, -0.2) is 0 Å². The highest BCUT2D eigenvalue weighted by Crippen LogP contribution is 2.19. The van der Waals surface area contributed by atoms with Crippen LogP contribution in [0.1, 0.15) is 27.3 Å². The number of nitrogens with zero attached hydrogens (tertiary/aromatic N) is 3. The van der Waals surface area contributed by atoms with Gasteiger partial charge in [0.05, 0.1) is 17.8 Å². The van der Waals surface area contributed by atoms with Crippen LogP contribution in [0.5, 0.6) is 0 Å². The van der Waals surface area contributed by atoms with E-state index in [1.165, 1.54) is 0 Å². The lowest BCUT2D eigenvalue weighted by Crippen LogP contribution is -2.46. The van der Waals surface area contributed by atoms with Gasteiger partial charge in [-0.15, -0.1) is 0 Å². The fourth-order valence-corrected chi connectivity index (χ4v) is 3.44. The topological polar surface area (TPSA) is 50.2 Å². The second kappa shape index (κ2) is 6.84. The average Bonchev–Trinajstić information content (AvgIpc) is 2.81. The molecule has 23 heavy (non-hydrogen) atoms. The first kappa shape index (κ1) is 16.2. The normalized spacial score (nSPS) is 15.0. The summed E-state index contributed by atoms with van der Waals surface area (Å²) in [5.74, 6) is 0.0991. The number of carbonyl (C=O) groups is 1. The van der Waals surface area contributed by atoms with E-state index in [1.807, 2.05) is 35.6 Å². The Morgan fingerprint density at radius 3 is 2.74 bits per heavy atom. The summed E-state index contributed by atoms with van der Waals surface area (Å²) >= 11 is 3.49. The summed E-state index contributed by atoms with van der Waals surface area (Å²) in [6.45, 7) is 7.79. The predicted octanol–water partition coefficient (Wildman–Crippen LogP) is 2.36. The van der Waals surface area contributed by atoms with Crippen LogP contribution in [0.15, 0.2) is 28.7 Å². The number of nitrogens with one attached hydrogen (secondary N) is 1. The van der Waals surface area contributed by atoms with Gasteiger partial charge in [0.1, 0.15) is 0 Å². The van der Waals surface area contributed by atoms with E-state index in [2.05, 4.69) is 38.5 Å². The third-order valence-corrected chi connectivity index (χ3v) is 4.71. The zero-order valence-electron chi connectivity index (χ0n) is 13.5.